The number of nitrogens with one attached hydrogen (secondary N) is 1. The van der Waals surface area contributed by atoms with E-state index in [4.69, 9.17) is 9.72 Å². The van der Waals surface area contributed by atoms with Gasteiger partial charge in [-0.1, -0.05) is 0 Å². The summed E-state index contributed by atoms with van der Waals surface area (Å²) >= 11 is 0. The fourth-order valence-electron chi connectivity index (χ4n) is 2.68. The Morgan fingerprint density at radius 1 is 1.56 bits per heavy atom. The highest BCUT2D eigenvalue weighted by molar-refractivity contribution is 5.74. The molecule has 0 aliphatic carbocycles. The molecule has 1 aliphatic heterocycles. The summed E-state index contributed by atoms with van der Waals surface area (Å²) < 4.78 is 7.66. The molecular formula is C13H18N4O. The standard InChI is InChI=1S/C13H18N4O/c1-3-17-12-4-5-14-8-11(12)16-13(17)10-6-9(18-2)7-15-10/h4-5,8-10,15H,3,6-7H2,1-2H3. The third-order valence-electron chi connectivity index (χ3n) is 3.63. The Bertz CT molecular complexity index is 551. The molecule has 5 nitrogen and oxygen atoms in total. The van der Waals surface area contributed by atoms with Gasteiger partial charge in [0.1, 0.15) is 11.3 Å². The van der Waals surface area contributed by atoms with Crippen molar-refractivity contribution in [2.24, 2.45) is 0 Å². The second-order valence-electron chi connectivity index (χ2n) is 4.63. The molecule has 1 saturated heterocycles. The zero-order valence-electron chi connectivity index (χ0n) is 10.8. The van der Waals surface area contributed by atoms with E-state index >= 15 is 0 Å². The summed E-state index contributed by atoms with van der Waals surface area (Å²) in [5.41, 5.74) is 2.13. The van der Waals surface area contributed by atoms with Gasteiger partial charge >= 0.3 is 0 Å². The molecule has 2 aromatic rings. The lowest BCUT2D eigenvalue weighted by atomic mass is 10.2. The summed E-state index contributed by atoms with van der Waals surface area (Å²) in [6, 6.07) is 2.31. The fraction of sp³-hybridized carbons (Fsp3) is 0.538. The van der Waals surface area contributed by atoms with E-state index in [-0.39, 0.29) is 6.04 Å². The Kier molecular flexibility index (Phi) is 3.01. The number of nitrogens with zero attached hydrogens (tertiary/aromatic N) is 3. The molecule has 2 unspecified atom stereocenters. The highest BCUT2D eigenvalue weighted by Crippen LogP contribution is 2.27. The Balaban J connectivity index is 2.01. The molecule has 1 aliphatic rings. The Morgan fingerprint density at radius 3 is 3.17 bits per heavy atom. The fourth-order valence-corrected chi connectivity index (χ4v) is 2.68. The minimum absolute atomic E-state index is 0.280. The summed E-state index contributed by atoms with van der Waals surface area (Å²) in [5.74, 6) is 1.10. The molecule has 96 valence electrons. The highest BCUT2D eigenvalue weighted by atomic mass is 16.5. The minimum atomic E-state index is 0.280. The topological polar surface area (TPSA) is 52.0 Å². The molecule has 2 atom stereocenters. The van der Waals surface area contributed by atoms with Crippen LogP contribution in [0.25, 0.3) is 11.0 Å². The van der Waals surface area contributed by atoms with Crippen molar-refractivity contribution in [1.82, 2.24) is 19.9 Å². The van der Waals surface area contributed by atoms with Gasteiger partial charge in [0, 0.05) is 26.4 Å². The van der Waals surface area contributed by atoms with Gasteiger partial charge in [-0.25, -0.2) is 4.98 Å². The number of methoxy groups -OCH3 is 1. The Labute approximate surface area is 106 Å². The molecule has 1 fully saturated rings. The van der Waals surface area contributed by atoms with Crippen LogP contribution < -0.4 is 5.32 Å². The molecule has 0 spiro atoms. The molecule has 2 aromatic heterocycles. The first-order valence-electron chi connectivity index (χ1n) is 6.39. The molecular weight excluding hydrogens is 228 g/mol. The number of hydrogen-bond acceptors (Lipinski definition) is 4. The summed E-state index contributed by atoms with van der Waals surface area (Å²) in [7, 11) is 1.77. The van der Waals surface area contributed by atoms with Crippen molar-refractivity contribution in [3.8, 4) is 0 Å². The lowest BCUT2D eigenvalue weighted by molar-refractivity contribution is 0.117. The summed E-state index contributed by atoms with van der Waals surface area (Å²) in [4.78, 5) is 8.86. The molecule has 0 amide bonds. The number of ether oxygens (including phenoxy) is 1. The highest BCUT2D eigenvalue weighted by Gasteiger charge is 2.28. The maximum Gasteiger partial charge on any atom is 0.127 e. The number of aryl methyl sites for hydroxylation is 1. The van der Waals surface area contributed by atoms with E-state index in [1.807, 2.05) is 18.5 Å². The lowest BCUT2D eigenvalue weighted by Gasteiger charge is -2.12. The van der Waals surface area contributed by atoms with Crippen LogP contribution >= 0.6 is 0 Å². The van der Waals surface area contributed by atoms with Crippen molar-refractivity contribution in [1.29, 1.82) is 0 Å². The second-order valence-corrected chi connectivity index (χ2v) is 4.63. The maximum absolute atomic E-state index is 5.40. The van der Waals surface area contributed by atoms with Gasteiger partial charge in [0.05, 0.1) is 23.9 Å². The van der Waals surface area contributed by atoms with Crippen molar-refractivity contribution >= 4 is 11.0 Å². The van der Waals surface area contributed by atoms with Crippen molar-refractivity contribution in [2.75, 3.05) is 13.7 Å². The predicted molar refractivity (Wildman–Crippen MR) is 69.4 cm³/mol. The van der Waals surface area contributed by atoms with E-state index in [1.54, 1.807) is 7.11 Å². The van der Waals surface area contributed by atoms with Crippen molar-refractivity contribution < 1.29 is 4.74 Å². The largest absolute Gasteiger partial charge is 0.380 e. The number of pyridine rings is 1. The second kappa shape index (κ2) is 4.66. The van der Waals surface area contributed by atoms with Crippen LogP contribution in [-0.4, -0.2) is 34.3 Å². The van der Waals surface area contributed by atoms with Gasteiger partial charge in [-0.15, -0.1) is 0 Å². The molecule has 0 aromatic carbocycles. The molecule has 18 heavy (non-hydrogen) atoms. The predicted octanol–water partition coefficient (Wildman–Crippen LogP) is 1.50. The van der Waals surface area contributed by atoms with Gasteiger partial charge in [0.25, 0.3) is 0 Å². The van der Waals surface area contributed by atoms with Gasteiger partial charge < -0.3 is 14.6 Å². The van der Waals surface area contributed by atoms with E-state index in [1.165, 1.54) is 0 Å². The zero-order valence-corrected chi connectivity index (χ0v) is 10.8. The smallest absolute Gasteiger partial charge is 0.127 e. The normalized spacial score (nSPS) is 23.9. The quantitative estimate of drug-likeness (QED) is 0.891. The molecule has 3 rings (SSSR count). The van der Waals surface area contributed by atoms with Crippen LogP contribution in [0.1, 0.15) is 25.2 Å². The zero-order chi connectivity index (χ0) is 12.5. The number of aromatic nitrogens is 3. The van der Waals surface area contributed by atoms with Crippen LogP contribution in [0.15, 0.2) is 18.5 Å². The number of hydrogen-bond donors (Lipinski definition) is 1. The van der Waals surface area contributed by atoms with Gasteiger partial charge in [0.15, 0.2) is 0 Å². The first-order valence-corrected chi connectivity index (χ1v) is 6.39. The van der Waals surface area contributed by atoms with E-state index < -0.39 is 0 Å². The molecule has 3 heterocycles. The lowest BCUT2D eigenvalue weighted by Crippen LogP contribution is -2.18. The summed E-state index contributed by atoms with van der Waals surface area (Å²) in [6.45, 7) is 3.96. The maximum atomic E-state index is 5.40. The van der Waals surface area contributed by atoms with E-state index in [2.05, 4.69) is 21.8 Å². The van der Waals surface area contributed by atoms with Gasteiger partial charge in [-0.05, 0) is 19.4 Å². The van der Waals surface area contributed by atoms with Crippen LogP contribution in [0.5, 0.6) is 0 Å². The van der Waals surface area contributed by atoms with E-state index in [9.17, 15) is 0 Å². The van der Waals surface area contributed by atoms with Crippen molar-refractivity contribution in [2.45, 2.75) is 32.0 Å². The van der Waals surface area contributed by atoms with Crippen LogP contribution in [-0.2, 0) is 11.3 Å². The van der Waals surface area contributed by atoms with Crippen molar-refractivity contribution in [3.05, 3.63) is 24.3 Å². The average Bonchev–Trinajstić information content (AvgIpc) is 3.02. The van der Waals surface area contributed by atoms with Crippen LogP contribution in [0.2, 0.25) is 0 Å². The monoisotopic (exact) mass is 246 g/mol. The van der Waals surface area contributed by atoms with Crippen LogP contribution in [0, 0.1) is 0 Å². The Morgan fingerprint density at radius 2 is 2.44 bits per heavy atom. The number of imidazole rings is 1. The third-order valence-corrected chi connectivity index (χ3v) is 3.63. The molecule has 1 N–H and O–H groups in total. The first-order chi connectivity index (χ1) is 8.83. The average molecular weight is 246 g/mol. The third kappa shape index (κ3) is 1.79. The number of rotatable bonds is 3. The molecule has 0 radical (unpaired) electrons. The van der Waals surface area contributed by atoms with E-state index in [0.717, 1.165) is 36.4 Å². The molecule has 5 heteroatoms. The van der Waals surface area contributed by atoms with Crippen molar-refractivity contribution in [3.63, 3.8) is 0 Å². The van der Waals surface area contributed by atoms with Gasteiger partial charge in [-0.2, -0.15) is 0 Å². The van der Waals surface area contributed by atoms with Crippen LogP contribution in [0.4, 0.5) is 0 Å². The Hall–Kier alpha value is -1.46. The first kappa shape index (κ1) is 11.6. The summed E-state index contributed by atoms with van der Waals surface area (Å²) in [5, 5.41) is 3.48. The molecule has 0 saturated carbocycles. The minimum Gasteiger partial charge on any atom is -0.380 e. The van der Waals surface area contributed by atoms with E-state index in [0.29, 0.717) is 6.10 Å². The SMILES string of the molecule is CCn1c(C2CC(OC)CN2)nc2cnccc21. The van der Waals surface area contributed by atoms with Crippen LogP contribution in [0.3, 0.4) is 0 Å². The summed E-state index contributed by atoms with van der Waals surface area (Å²) in [6.07, 6.45) is 4.92. The van der Waals surface area contributed by atoms with Gasteiger partial charge in [-0.3, -0.25) is 4.98 Å². The van der Waals surface area contributed by atoms with Gasteiger partial charge in [0.2, 0.25) is 0 Å². The molecule has 0 bridgehead atoms. The number of fused-ring (bicyclic) bond motifs is 1.